The summed E-state index contributed by atoms with van der Waals surface area (Å²) in [7, 11) is 0. The Balaban J connectivity index is 0.00000192. The van der Waals surface area contributed by atoms with E-state index in [-0.39, 0.29) is 36.8 Å². The first-order valence-corrected chi connectivity index (χ1v) is 8.18. The SMILES string of the molecule is CC1CNCCN1C(=O)CN1C(=O)NC2(CCCCC2)C1=O.Cl. The van der Waals surface area contributed by atoms with Crippen LogP contribution in [0.2, 0.25) is 0 Å². The predicted molar refractivity (Wildman–Crippen MR) is 87.4 cm³/mol. The molecule has 1 saturated carbocycles. The van der Waals surface area contributed by atoms with E-state index >= 15 is 0 Å². The van der Waals surface area contributed by atoms with Crippen LogP contribution in [0.5, 0.6) is 0 Å². The molecule has 3 rings (SSSR count). The fourth-order valence-electron chi connectivity index (χ4n) is 3.75. The first kappa shape index (κ1) is 18.0. The number of imide groups is 1. The third-order valence-corrected chi connectivity index (χ3v) is 5.07. The Kier molecular flexibility index (Phi) is 5.52. The number of carbonyl (C=O) groups is 3. The van der Waals surface area contributed by atoms with E-state index in [1.54, 1.807) is 4.90 Å². The van der Waals surface area contributed by atoms with Crippen molar-refractivity contribution in [2.45, 2.75) is 50.6 Å². The minimum Gasteiger partial charge on any atom is -0.336 e. The second kappa shape index (κ2) is 7.05. The molecule has 130 valence electrons. The highest BCUT2D eigenvalue weighted by Gasteiger charge is 2.51. The number of halogens is 1. The molecule has 0 bridgehead atoms. The lowest BCUT2D eigenvalue weighted by Crippen LogP contribution is -2.55. The van der Waals surface area contributed by atoms with Crippen LogP contribution < -0.4 is 10.6 Å². The molecule has 0 aromatic carbocycles. The van der Waals surface area contributed by atoms with E-state index in [9.17, 15) is 14.4 Å². The number of nitrogens with zero attached hydrogens (tertiary/aromatic N) is 2. The van der Waals surface area contributed by atoms with Gasteiger partial charge in [0, 0.05) is 25.7 Å². The highest BCUT2D eigenvalue weighted by molar-refractivity contribution is 6.09. The lowest BCUT2D eigenvalue weighted by Gasteiger charge is -2.35. The van der Waals surface area contributed by atoms with Crippen LogP contribution in [0.3, 0.4) is 0 Å². The Bertz CT molecular complexity index is 493. The summed E-state index contributed by atoms with van der Waals surface area (Å²) in [6.07, 6.45) is 4.37. The number of piperazine rings is 1. The molecule has 8 heteroatoms. The van der Waals surface area contributed by atoms with Crippen LogP contribution in [0.1, 0.15) is 39.0 Å². The minimum atomic E-state index is -0.745. The standard InChI is InChI=1S/C15H24N4O3.ClH/c1-11-9-16-7-8-18(11)12(20)10-19-13(21)15(17-14(19)22)5-3-2-4-6-15;/h11,16H,2-10H2,1H3,(H,17,22);1H. The number of hydrogen-bond donors (Lipinski definition) is 2. The molecule has 2 N–H and O–H groups in total. The number of amides is 4. The lowest BCUT2D eigenvalue weighted by atomic mass is 9.82. The molecule has 3 aliphatic rings. The van der Waals surface area contributed by atoms with Crippen molar-refractivity contribution < 1.29 is 14.4 Å². The summed E-state index contributed by atoms with van der Waals surface area (Å²) in [5, 5.41) is 6.07. The van der Waals surface area contributed by atoms with E-state index in [2.05, 4.69) is 10.6 Å². The molecule has 0 aromatic heterocycles. The molecule has 3 fully saturated rings. The second-order valence-electron chi connectivity index (χ2n) is 6.60. The fourth-order valence-corrected chi connectivity index (χ4v) is 3.75. The predicted octanol–water partition coefficient (Wildman–Crippen LogP) is 0.483. The average molecular weight is 345 g/mol. The normalized spacial score (nSPS) is 26.9. The highest BCUT2D eigenvalue weighted by Crippen LogP contribution is 2.33. The van der Waals surface area contributed by atoms with Crippen molar-refractivity contribution in [3.05, 3.63) is 0 Å². The van der Waals surface area contributed by atoms with Crippen molar-refractivity contribution in [2.24, 2.45) is 0 Å². The van der Waals surface area contributed by atoms with E-state index in [1.165, 1.54) is 0 Å². The van der Waals surface area contributed by atoms with Crippen molar-refractivity contribution in [1.29, 1.82) is 0 Å². The zero-order valence-electron chi connectivity index (χ0n) is 13.5. The Morgan fingerprint density at radius 1 is 1.26 bits per heavy atom. The molecule has 7 nitrogen and oxygen atoms in total. The molecular formula is C15H25ClN4O3. The first-order valence-electron chi connectivity index (χ1n) is 8.18. The van der Waals surface area contributed by atoms with Crippen molar-refractivity contribution in [3.8, 4) is 0 Å². The van der Waals surface area contributed by atoms with E-state index in [0.717, 1.165) is 37.3 Å². The van der Waals surface area contributed by atoms with Gasteiger partial charge in [-0.2, -0.15) is 0 Å². The number of nitrogens with one attached hydrogen (secondary N) is 2. The summed E-state index contributed by atoms with van der Waals surface area (Å²) in [4.78, 5) is 40.1. The summed E-state index contributed by atoms with van der Waals surface area (Å²) >= 11 is 0. The van der Waals surface area contributed by atoms with E-state index < -0.39 is 11.6 Å². The first-order chi connectivity index (χ1) is 10.5. The Hall–Kier alpha value is -1.34. The van der Waals surface area contributed by atoms with Crippen LogP contribution in [0.25, 0.3) is 0 Å². The van der Waals surface area contributed by atoms with Gasteiger partial charge in [-0.05, 0) is 19.8 Å². The summed E-state index contributed by atoms with van der Waals surface area (Å²) in [5.74, 6) is -0.362. The molecule has 0 aromatic rings. The van der Waals surface area contributed by atoms with Crippen molar-refractivity contribution in [2.75, 3.05) is 26.2 Å². The minimum absolute atomic E-state index is 0. The van der Waals surface area contributed by atoms with E-state index in [4.69, 9.17) is 0 Å². The molecule has 2 aliphatic heterocycles. The third-order valence-electron chi connectivity index (χ3n) is 5.07. The van der Waals surface area contributed by atoms with Crippen molar-refractivity contribution >= 4 is 30.3 Å². The third kappa shape index (κ3) is 3.30. The summed E-state index contributed by atoms with van der Waals surface area (Å²) < 4.78 is 0. The smallest absolute Gasteiger partial charge is 0.325 e. The Labute approximate surface area is 142 Å². The molecule has 0 radical (unpaired) electrons. The Morgan fingerprint density at radius 3 is 2.61 bits per heavy atom. The number of urea groups is 1. The molecule has 2 saturated heterocycles. The van der Waals surface area contributed by atoms with Gasteiger partial charge in [-0.3, -0.25) is 14.5 Å². The van der Waals surface area contributed by atoms with Crippen LogP contribution in [0, 0.1) is 0 Å². The highest BCUT2D eigenvalue weighted by atomic mass is 35.5. The van der Waals surface area contributed by atoms with Crippen molar-refractivity contribution in [3.63, 3.8) is 0 Å². The van der Waals surface area contributed by atoms with Gasteiger partial charge in [-0.25, -0.2) is 4.79 Å². The summed E-state index contributed by atoms with van der Waals surface area (Å²) in [6, 6.07) is -0.325. The molecule has 1 unspecified atom stereocenters. The Morgan fingerprint density at radius 2 is 1.96 bits per heavy atom. The topological polar surface area (TPSA) is 81.8 Å². The molecule has 1 atom stereocenters. The number of carbonyl (C=O) groups excluding carboxylic acids is 3. The van der Waals surface area contributed by atoms with Crippen molar-refractivity contribution in [1.82, 2.24) is 20.4 Å². The van der Waals surface area contributed by atoms with E-state index in [1.807, 2.05) is 6.92 Å². The molecule has 23 heavy (non-hydrogen) atoms. The van der Waals surface area contributed by atoms with Gasteiger partial charge < -0.3 is 15.5 Å². The maximum Gasteiger partial charge on any atom is 0.325 e. The molecule has 4 amide bonds. The van der Waals surface area contributed by atoms with Gasteiger partial charge in [0.25, 0.3) is 5.91 Å². The van der Waals surface area contributed by atoms with Gasteiger partial charge in [-0.1, -0.05) is 19.3 Å². The van der Waals surface area contributed by atoms with Crippen LogP contribution >= 0.6 is 12.4 Å². The van der Waals surface area contributed by atoms with Crippen LogP contribution in [-0.2, 0) is 9.59 Å². The summed E-state index contributed by atoms with van der Waals surface area (Å²) in [5.41, 5.74) is -0.745. The molecular weight excluding hydrogens is 320 g/mol. The maximum absolute atomic E-state index is 12.7. The molecule has 2 heterocycles. The fraction of sp³-hybridized carbons (Fsp3) is 0.800. The number of hydrogen-bond acceptors (Lipinski definition) is 4. The lowest BCUT2D eigenvalue weighted by molar-refractivity contribution is -0.141. The van der Waals surface area contributed by atoms with Crippen LogP contribution in [0.15, 0.2) is 0 Å². The molecule has 1 aliphatic carbocycles. The van der Waals surface area contributed by atoms with Gasteiger partial charge in [0.1, 0.15) is 12.1 Å². The van der Waals surface area contributed by atoms with E-state index in [0.29, 0.717) is 19.4 Å². The number of rotatable bonds is 2. The largest absolute Gasteiger partial charge is 0.336 e. The van der Waals surface area contributed by atoms with Crippen LogP contribution in [-0.4, -0.2) is 65.4 Å². The zero-order valence-corrected chi connectivity index (χ0v) is 14.3. The van der Waals surface area contributed by atoms with Crippen LogP contribution in [0.4, 0.5) is 4.79 Å². The monoisotopic (exact) mass is 344 g/mol. The summed E-state index contributed by atoms with van der Waals surface area (Å²) in [6.45, 7) is 3.94. The van der Waals surface area contributed by atoms with Gasteiger partial charge in [-0.15, -0.1) is 12.4 Å². The maximum atomic E-state index is 12.7. The zero-order chi connectivity index (χ0) is 15.7. The molecule has 1 spiro atoms. The quantitative estimate of drug-likeness (QED) is 0.714. The van der Waals surface area contributed by atoms with Gasteiger partial charge in [0.05, 0.1) is 0 Å². The van der Waals surface area contributed by atoms with Gasteiger partial charge in [0.2, 0.25) is 5.91 Å². The van der Waals surface area contributed by atoms with Gasteiger partial charge >= 0.3 is 6.03 Å². The second-order valence-corrected chi connectivity index (χ2v) is 6.60. The van der Waals surface area contributed by atoms with Gasteiger partial charge in [0.15, 0.2) is 0 Å². The average Bonchev–Trinajstić information content (AvgIpc) is 2.73.